The third-order valence-corrected chi connectivity index (χ3v) is 1.09. The minimum Gasteiger partial charge on any atom is -0.394 e. The molecule has 0 radical (unpaired) electrons. The predicted molar refractivity (Wildman–Crippen MR) is 34.7 cm³/mol. The number of hydrogen-bond donors (Lipinski definition) is 1. The Labute approximate surface area is 62.6 Å². The van der Waals surface area contributed by atoms with E-state index in [1.807, 2.05) is 0 Å². The van der Waals surface area contributed by atoms with Crippen molar-refractivity contribution in [2.75, 3.05) is 20.8 Å². The van der Waals surface area contributed by atoms with Crippen LogP contribution in [0, 0.1) is 0 Å². The molecule has 2 atom stereocenters. The maximum Gasteiger partial charge on any atom is 0.151 e. The Morgan fingerprint density at radius 3 is 2.80 bits per heavy atom. The predicted octanol–water partition coefficient (Wildman–Crippen LogP) is -0.792. The summed E-state index contributed by atoms with van der Waals surface area (Å²) < 4.78 is 22.7. The van der Waals surface area contributed by atoms with E-state index in [9.17, 15) is 4.79 Å². The van der Waals surface area contributed by atoms with Crippen LogP contribution in [-0.4, -0.2) is 44.4 Å². The summed E-state index contributed by atoms with van der Waals surface area (Å²) in [5, 5.41) is 8.68. The zero-order chi connectivity index (χ0) is 9.40. The Balaban J connectivity index is 3.92. The van der Waals surface area contributed by atoms with Crippen molar-refractivity contribution in [3.63, 3.8) is 0 Å². The molecule has 60 valence electrons. The van der Waals surface area contributed by atoms with Crippen molar-refractivity contribution >= 4 is 6.29 Å². The number of ether oxygens (including phenoxy) is 2. The summed E-state index contributed by atoms with van der Waals surface area (Å²) in [6.07, 6.45) is -1.35. The summed E-state index contributed by atoms with van der Waals surface area (Å²) in [5.74, 6) is 0. The number of rotatable bonds is 5. The first kappa shape index (κ1) is 6.27. The summed E-state index contributed by atoms with van der Waals surface area (Å²) in [6, 6.07) is 0. The van der Waals surface area contributed by atoms with Gasteiger partial charge in [-0.25, -0.2) is 0 Å². The highest BCUT2D eigenvalue weighted by Crippen LogP contribution is 1.97. The quantitative estimate of drug-likeness (QED) is 0.522. The molecule has 0 aromatic rings. The fourth-order valence-electron chi connectivity index (χ4n) is 0.486. The molecule has 0 unspecified atom stereocenters. The molecule has 0 aromatic carbocycles. The van der Waals surface area contributed by atoms with Crippen LogP contribution in [0.25, 0.3) is 0 Å². The van der Waals surface area contributed by atoms with Crippen LogP contribution in [0.2, 0.25) is 0 Å². The molecule has 0 aliphatic rings. The molecule has 0 aliphatic carbocycles. The SMILES string of the molecule is [2H]CO[C@H](C=O)[C@@H](CO)OC[2H]. The van der Waals surface area contributed by atoms with Crippen molar-refractivity contribution in [1.82, 2.24) is 0 Å². The molecule has 10 heavy (non-hydrogen) atoms. The Morgan fingerprint density at radius 2 is 2.40 bits per heavy atom. The molecule has 4 nitrogen and oxygen atoms in total. The van der Waals surface area contributed by atoms with Crippen molar-refractivity contribution in [3.05, 3.63) is 0 Å². The lowest BCUT2D eigenvalue weighted by atomic mass is 10.2. The second-order valence-electron chi connectivity index (χ2n) is 1.66. The van der Waals surface area contributed by atoms with Gasteiger partial charge in [-0.05, 0) is 0 Å². The van der Waals surface area contributed by atoms with E-state index in [4.69, 9.17) is 7.85 Å². The van der Waals surface area contributed by atoms with Gasteiger partial charge in [0.1, 0.15) is 12.2 Å². The molecule has 4 heteroatoms. The number of hydrogen-bond acceptors (Lipinski definition) is 4. The van der Waals surface area contributed by atoms with Crippen LogP contribution >= 0.6 is 0 Å². The van der Waals surface area contributed by atoms with Gasteiger partial charge in [0.25, 0.3) is 0 Å². The molecular formula is C6H12O4. The molecule has 0 rings (SSSR count). The first-order valence-electron chi connectivity index (χ1n) is 4.09. The topological polar surface area (TPSA) is 55.8 Å². The summed E-state index contributed by atoms with van der Waals surface area (Å²) in [6.45, 7) is -0.401. The fourth-order valence-corrected chi connectivity index (χ4v) is 0.486. The average Bonchev–Trinajstić information content (AvgIpc) is 2.11. The molecule has 0 amide bonds. The third kappa shape index (κ3) is 2.43. The summed E-state index contributed by atoms with van der Waals surface area (Å²) in [7, 11) is -0.724. The zero-order valence-electron chi connectivity index (χ0n) is 7.53. The van der Waals surface area contributed by atoms with Gasteiger partial charge in [0.05, 0.1) is 9.35 Å². The Morgan fingerprint density at radius 1 is 1.70 bits per heavy atom. The molecule has 0 aromatic heterocycles. The van der Waals surface area contributed by atoms with Crippen molar-refractivity contribution in [3.8, 4) is 0 Å². The molecule has 1 N–H and O–H groups in total. The highest BCUT2D eigenvalue weighted by Gasteiger charge is 2.18. The van der Waals surface area contributed by atoms with E-state index in [-0.39, 0.29) is 14.2 Å². The zero-order valence-corrected chi connectivity index (χ0v) is 5.53. The number of carbonyl (C=O) groups is 1. The highest BCUT2D eigenvalue weighted by molar-refractivity contribution is 5.57. The molecule has 0 saturated carbocycles. The summed E-state index contributed by atoms with van der Waals surface area (Å²) >= 11 is 0. The maximum atomic E-state index is 10.3. The van der Waals surface area contributed by atoms with E-state index in [2.05, 4.69) is 9.47 Å². The smallest absolute Gasteiger partial charge is 0.151 e. The van der Waals surface area contributed by atoms with Crippen LogP contribution in [-0.2, 0) is 14.3 Å². The van der Waals surface area contributed by atoms with Gasteiger partial charge in [-0.15, -0.1) is 0 Å². The Kier molecular flexibility index (Phi) is 3.35. The van der Waals surface area contributed by atoms with Gasteiger partial charge in [0.2, 0.25) is 0 Å². The number of aldehydes is 1. The first-order chi connectivity index (χ1) is 5.79. The van der Waals surface area contributed by atoms with Crippen LogP contribution in [0.15, 0.2) is 0 Å². The van der Waals surface area contributed by atoms with Gasteiger partial charge in [-0.1, -0.05) is 0 Å². The summed E-state index contributed by atoms with van der Waals surface area (Å²) in [4.78, 5) is 10.3. The molecule has 0 heterocycles. The highest BCUT2D eigenvalue weighted by atomic mass is 16.5. The van der Waals surface area contributed by atoms with Crippen molar-refractivity contribution in [2.45, 2.75) is 12.2 Å². The van der Waals surface area contributed by atoms with Crippen LogP contribution in [0.1, 0.15) is 2.74 Å². The van der Waals surface area contributed by atoms with Gasteiger partial charge < -0.3 is 19.4 Å². The minimum absolute atomic E-state index is 0.350. The lowest BCUT2D eigenvalue weighted by Gasteiger charge is -2.16. The van der Waals surface area contributed by atoms with Crippen molar-refractivity contribution in [2.24, 2.45) is 0 Å². The molecular weight excluding hydrogens is 136 g/mol. The van der Waals surface area contributed by atoms with Crippen LogP contribution in [0.3, 0.4) is 0 Å². The Bertz CT molecular complexity index is 122. The van der Waals surface area contributed by atoms with Crippen LogP contribution in [0.4, 0.5) is 0 Å². The van der Waals surface area contributed by atoms with E-state index in [1.54, 1.807) is 0 Å². The molecule has 0 aliphatic heterocycles. The van der Waals surface area contributed by atoms with E-state index < -0.39 is 18.8 Å². The van der Waals surface area contributed by atoms with Gasteiger partial charge in [-0.2, -0.15) is 0 Å². The van der Waals surface area contributed by atoms with Gasteiger partial charge in [0.15, 0.2) is 6.29 Å². The van der Waals surface area contributed by atoms with E-state index >= 15 is 0 Å². The van der Waals surface area contributed by atoms with Gasteiger partial charge >= 0.3 is 0 Å². The van der Waals surface area contributed by atoms with Gasteiger partial charge in [-0.3, -0.25) is 0 Å². The monoisotopic (exact) mass is 150 g/mol. The van der Waals surface area contributed by atoms with E-state index in [0.29, 0.717) is 6.29 Å². The van der Waals surface area contributed by atoms with Crippen molar-refractivity contribution < 1.29 is 22.1 Å². The van der Waals surface area contributed by atoms with Crippen LogP contribution < -0.4 is 0 Å². The number of aliphatic hydroxyl groups excluding tert-OH is 1. The molecule has 0 saturated heterocycles. The summed E-state index contributed by atoms with van der Waals surface area (Å²) in [5.41, 5.74) is 0. The van der Waals surface area contributed by atoms with E-state index in [0.717, 1.165) is 0 Å². The maximum absolute atomic E-state index is 10.3. The number of aliphatic hydroxyl groups is 1. The minimum atomic E-state index is -0.960. The van der Waals surface area contributed by atoms with Crippen molar-refractivity contribution in [1.29, 1.82) is 0 Å². The lowest BCUT2D eigenvalue weighted by Crippen LogP contribution is -2.34. The number of methoxy groups -OCH3 is 2. The van der Waals surface area contributed by atoms with E-state index in [1.165, 1.54) is 0 Å². The molecule has 0 spiro atoms. The van der Waals surface area contributed by atoms with Crippen LogP contribution in [0.5, 0.6) is 0 Å². The fraction of sp³-hybridized carbons (Fsp3) is 0.833. The van der Waals surface area contributed by atoms with Gasteiger partial charge in [0, 0.05) is 14.2 Å². The number of carbonyl (C=O) groups excluding carboxylic acids is 1. The first-order valence-corrected chi connectivity index (χ1v) is 2.68. The lowest BCUT2D eigenvalue weighted by molar-refractivity contribution is -0.127. The molecule has 0 bridgehead atoms. The molecule has 0 fully saturated rings. The normalized spacial score (nSPS) is 18.9. The largest absolute Gasteiger partial charge is 0.394 e. The second kappa shape index (κ2) is 5.34. The average molecular weight is 150 g/mol. The second-order valence-corrected chi connectivity index (χ2v) is 1.66. The standard InChI is InChI=1S/C6H12O4/c1-9-5(3-7)6(4-8)10-2/h3,5-6,8H,4H2,1-2H3/t5-,6-/m1/s1/i1D,2D. The Hall–Kier alpha value is -0.450. The third-order valence-electron chi connectivity index (χ3n) is 1.09.